The topological polar surface area (TPSA) is 65.5 Å². The summed E-state index contributed by atoms with van der Waals surface area (Å²) in [5.41, 5.74) is 4.22. The average Bonchev–Trinajstić information content (AvgIpc) is 2.65. The van der Waals surface area contributed by atoms with Crippen LogP contribution >= 0.6 is 24.0 Å². The van der Waals surface area contributed by atoms with Gasteiger partial charge in [-0.25, -0.2) is 4.99 Å². The predicted octanol–water partition coefficient (Wildman–Crippen LogP) is 3.23. The number of benzene rings is 2. The van der Waals surface area contributed by atoms with Crippen molar-refractivity contribution in [2.24, 2.45) is 4.99 Å². The summed E-state index contributed by atoms with van der Waals surface area (Å²) in [6.07, 6.45) is 0. The normalized spacial score (nSPS) is 10.7. The highest BCUT2D eigenvalue weighted by Gasteiger charge is 2.03. The number of aryl methyl sites for hydroxylation is 1. The quantitative estimate of drug-likeness (QED) is 0.348. The van der Waals surface area contributed by atoms with E-state index in [1.807, 2.05) is 43.3 Å². The van der Waals surface area contributed by atoms with Crippen LogP contribution in [-0.4, -0.2) is 25.5 Å². The Morgan fingerprint density at radius 1 is 1.04 bits per heavy atom. The van der Waals surface area contributed by atoms with Gasteiger partial charge in [0.05, 0.1) is 6.54 Å². The van der Waals surface area contributed by atoms with Crippen molar-refractivity contribution in [3.8, 4) is 0 Å². The monoisotopic (exact) mass is 466 g/mol. The number of aliphatic imine (C=N–C) groups is 1. The Hall–Kier alpha value is -2.09. The first kappa shape index (κ1) is 22.0. The Morgan fingerprint density at radius 2 is 1.73 bits per heavy atom. The molecule has 2 aromatic rings. The molecule has 1 amide bonds. The molecule has 0 radical (unpaired) electrons. The number of nitrogens with one attached hydrogen (secondary N) is 3. The fourth-order valence-electron chi connectivity index (χ4n) is 2.41. The average molecular weight is 466 g/mol. The van der Waals surface area contributed by atoms with Gasteiger partial charge in [-0.1, -0.05) is 36.4 Å². The van der Waals surface area contributed by atoms with Crippen molar-refractivity contribution in [3.05, 3.63) is 70.8 Å². The van der Waals surface area contributed by atoms with E-state index in [1.165, 1.54) is 11.1 Å². The van der Waals surface area contributed by atoms with Crippen LogP contribution in [0.5, 0.6) is 0 Å². The van der Waals surface area contributed by atoms with Crippen LogP contribution in [0.3, 0.4) is 0 Å². The summed E-state index contributed by atoms with van der Waals surface area (Å²) in [7, 11) is 1.63. The van der Waals surface area contributed by atoms with Gasteiger partial charge >= 0.3 is 0 Å². The van der Waals surface area contributed by atoms with Crippen LogP contribution in [0.15, 0.2) is 53.5 Å². The van der Waals surface area contributed by atoms with Crippen molar-refractivity contribution in [2.45, 2.75) is 26.9 Å². The first-order valence-electron chi connectivity index (χ1n) is 8.51. The molecular formula is C20H27IN4O. The molecule has 140 valence electrons. The minimum Gasteiger partial charge on any atom is -0.357 e. The van der Waals surface area contributed by atoms with Gasteiger partial charge in [-0.05, 0) is 42.7 Å². The number of amides is 1. The van der Waals surface area contributed by atoms with E-state index in [9.17, 15) is 4.79 Å². The van der Waals surface area contributed by atoms with Crippen LogP contribution in [0, 0.1) is 6.92 Å². The van der Waals surface area contributed by atoms with Gasteiger partial charge in [-0.15, -0.1) is 24.0 Å². The largest absolute Gasteiger partial charge is 0.357 e. The van der Waals surface area contributed by atoms with E-state index in [2.05, 4.69) is 40.0 Å². The first-order chi connectivity index (χ1) is 12.1. The molecule has 0 fully saturated rings. The number of rotatable bonds is 6. The molecule has 0 unspecified atom stereocenters. The molecule has 0 spiro atoms. The smallest absolute Gasteiger partial charge is 0.251 e. The van der Waals surface area contributed by atoms with Crippen LogP contribution in [0.4, 0.5) is 0 Å². The summed E-state index contributed by atoms with van der Waals surface area (Å²) in [6, 6.07) is 15.8. The van der Waals surface area contributed by atoms with Crippen molar-refractivity contribution in [1.82, 2.24) is 16.0 Å². The summed E-state index contributed by atoms with van der Waals surface area (Å²) in [4.78, 5) is 16.2. The van der Waals surface area contributed by atoms with E-state index >= 15 is 0 Å². The lowest BCUT2D eigenvalue weighted by Crippen LogP contribution is -2.36. The van der Waals surface area contributed by atoms with E-state index in [1.54, 1.807) is 7.05 Å². The van der Waals surface area contributed by atoms with Crippen LogP contribution in [0.25, 0.3) is 0 Å². The second-order valence-electron chi connectivity index (χ2n) is 5.75. The first-order valence-corrected chi connectivity index (χ1v) is 8.51. The number of hydrogen-bond acceptors (Lipinski definition) is 2. The predicted molar refractivity (Wildman–Crippen MR) is 118 cm³/mol. The fraction of sp³-hybridized carbons (Fsp3) is 0.300. The molecule has 5 nitrogen and oxygen atoms in total. The minimum atomic E-state index is -0.0803. The Balaban J connectivity index is 0.00000338. The number of halogens is 1. The van der Waals surface area contributed by atoms with Gasteiger partial charge in [0.25, 0.3) is 5.91 Å². The van der Waals surface area contributed by atoms with Crippen LogP contribution in [0.2, 0.25) is 0 Å². The summed E-state index contributed by atoms with van der Waals surface area (Å²) in [6.45, 7) is 6.23. The molecule has 0 saturated heterocycles. The maximum Gasteiger partial charge on any atom is 0.251 e. The van der Waals surface area contributed by atoms with Crippen molar-refractivity contribution >= 4 is 35.8 Å². The molecule has 0 aromatic heterocycles. The molecule has 0 heterocycles. The number of nitrogens with zero attached hydrogens (tertiary/aromatic N) is 1. The third-order valence-electron chi connectivity index (χ3n) is 3.91. The molecule has 3 N–H and O–H groups in total. The number of carbonyl (C=O) groups excluding carboxylic acids is 1. The zero-order valence-corrected chi connectivity index (χ0v) is 17.8. The Kier molecular flexibility index (Phi) is 9.72. The second-order valence-corrected chi connectivity index (χ2v) is 5.75. The van der Waals surface area contributed by atoms with Gasteiger partial charge in [0.1, 0.15) is 0 Å². The lowest BCUT2D eigenvalue weighted by Gasteiger charge is -2.12. The molecule has 0 atom stereocenters. The Morgan fingerprint density at radius 3 is 2.35 bits per heavy atom. The van der Waals surface area contributed by atoms with Gasteiger partial charge in [-0.2, -0.15) is 0 Å². The third kappa shape index (κ3) is 6.67. The third-order valence-corrected chi connectivity index (χ3v) is 3.91. The molecule has 2 rings (SSSR count). The minimum absolute atomic E-state index is 0. The van der Waals surface area contributed by atoms with Crippen molar-refractivity contribution in [1.29, 1.82) is 0 Å². The maximum atomic E-state index is 11.6. The zero-order valence-electron chi connectivity index (χ0n) is 15.5. The lowest BCUT2D eigenvalue weighted by molar-refractivity contribution is 0.0963. The van der Waals surface area contributed by atoms with E-state index in [-0.39, 0.29) is 29.9 Å². The number of carbonyl (C=O) groups is 1. The van der Waals surface area contributed by atoms with Gasteiger partial charge in [0.2, 0.25) is 0 Å². The van der Waals surface area contributed by atoms with E-state index in [0.717, 1.165) is 24.6 Å². The highest BCUT2D eigenvalue weighted by Crippen LogP contribution is 2.07. The fourth-order valence-corrected chi connectivity index (χ4v) is 2.41. The molecule has 0 aliphatic carbocycles. The Labute approximate surface area is 172 Å². The standard InChI is InChI=1S/C20H26N4O.HI/c1-4-22-20(24-14-18-8-6-5-7-15(18)2)23-13-16-9-11-17(12-10-16)19(25)21-3;/h5-12H,4,13-14H2,1-3H3,(H,21,25)(H2,22,23,24);1H. The molecule has 2 aromatic carbocycles. The molecule has 26 heavy (non-hydrogen) atoms. The van der Waals surface area contributed by atoms with E-state index in [4.69, 9.17) is 0 Å². The van der Waals surface area contributed by atoms with Crippen molar-refractivity contribution in [3.63, 3.8) is 0 Å². The summed E-state index contributed by atoms with van der Waals surface area (Å²) < 4.78 is 0. The van der Waals surface area contributed by atoms with E-state index < -0.39 is 0 Å². The van der Waals surface area contributed by atoms with Gasteiger partial charge in [0.15, 0.2) is 5.96 Å². The second kappa shape index (κ2) is 11.5. The number of guanidine groups is 1. The SMILES string of the molecule is CCNC(=NCc1ccc(C(=O)NC)cc1)NCc1ccccc1C.I. The van der Waals surface area contributed by atoms with Gasteiger partial charge in [0, 0.05) is 25.7 Å². The molecule has 6 heteroatoms. The zero-order chi connectivity index (χ0) is 18.1. The highest BCUT2D eigenvalue weighted by molar-refractivity contribution is 14.0. The Bertz CT molecular complexity index is 729. The summed E-state index contributed by atoms with van der Waals surface area (Å²) in [5, 5.41) is 9.24. The van der Waals surface area contributed by atoms with Crippen LogP contribution < -0.4 is 16.0 Å². The maximum absolute atomic E-state index is 11.6. The highest BCUT2D eigenvalue weighted by atomic mass is 127. The number of hydrogen-bond donors (Lipinski definition) is 3. The molecule has 0 aliphatic heterocycles. The van der Waals surface area contributed by atoms with Crippen molar-refractivity contribution in [2.75, 3.05) is 13.6 Å². The molecule has 0 saturated carbocycles. The molecular weight excluding hydrogens is 439 g/mol. The molecule has 0 aliphatic rings. The summed E-state index contributed by atoms with van der Waals surface area (Å²) in [5.74, 6) is 0.699. The molecule has 0 bridgehead atoms. The van der Waals surface area contributed by atoms with Crippen molar-refractivity contribution < 1.29 is 4.79 Å². The lowest BCUT2D eigenvalue weighted by atomic mass is 10.1. The summed E-state index contributed by atoms with van der Waals surface area (Å²) >= 11 is 0. The van der Waals surface area contributed by atoms with Gasteiger partial charge < -0.3 is 16.0 Å². The van der Waals surface area contributed by atoms with E-state index in [0.29, 0.717) is 12.1 Å². The van der Waals surface area contributed by atoms with Gasteiger partial charge in [-0.3, -0.25) is 4.79 Å². The van der Waals surface area contributed by atoms with Crippen LogP contribution in [-0.2, 0) is 13.1 Å². The van der Waals surface area contributed by atoms with Crippen LogP contribution in [0.1, 0.15) is 34.0 Å².